The normalized spacial score (nSPS) is 18.0. The summed E-state index contributed by atoms with van der Waals surface area (Å²) in [4.78, 5) is 28.3. The topological polar surface area (TPSA) is 109 Å². The molecule has 1 atom stereocenters. The number of aliphatic hydroxyl groups is 1. The van der Waals surface area contributed by atoms with Crippen LogP contribution in [0.3, 0.4) is 0 Å². The zero-order valence-corrected chi connectivity index (χ0v) is 12.3. The molecule has 1 aliphatic rings. The Labute approximate surface area is 128 Å². The van der Waals surface area contributed by atoms with Crippen LogP contribution in [0.2, 0.25) is 0 Å². The number of anilines is 1. The van der Waals surface area contributed by atoms with Crippen molar-refractivity contribution in [3.05, 3.63) is 28.4 Å². The maximum Gasteiger partial charge on any atom is 0.287 e. The van der Waals surface area contributed by atoms with Crippen LogP contribution in [0.15, 0.2) is 18.3 Å². The first kappa shape index (κ1) is 16.2. The Morgan fingerprint density at radius 1 is 1.55 bits per heavy atom. The van der Waals surface area contributed by atoms with Crippen LogP contribution in [0.4, 0.5) is 11.5 Å². The molecule has 8 heteroatoms. The monoisotopic (exact) mass is 308 g/mol. The van der Waals surface area contributed by atoms with Crippen molar-refractivity contribution in [1.82, 2.24) is 10.3 Å². The Morgan fingerprint density at radius 2 is 2.36 bits per heavy atom. The Kier molecular flexibility index (Phi) is 5.65. The van der Waals surface area contributed by atoms with Crippen LogP contribution in [-0.4, -0.2) is 47.2 Å². The molecule has 2 rings (SSSR count). The molecule has 0 aliphatic carbocycles. The zero-order valence-electron chi connectivity index (χ0n) is 12.3. The molecule has 22 heavy (non-hydrogen) atoms. The first-order valence-electron chi connectivity index (χ1n) is 7.36. The highest BCUT2D eigenvalue weighted by Gasteiger charge is 2.26. The number of aliphatic hydroxyl groups excluding tert-OH is 1. The van der Waals surface area contributed by atoms with Crippen LogP contribution < -0.4 is 10.2 Å². The van der Waals surface area contributed by atoms with E-state index in [9.17, 15) is 14.9 Å². The van der Waals surface area contributed by atoms with Gasteiger partial charge in [-0.15, -0.1) is 0 Å². The number of hydrogen-bond donors (Lipinski definition) is 2. The van der Waals surface area contributed by atoms with E-state index >= 15 is 0 Å². The van der Waals surface area contributed by atoms with Crippen molar-refractivity contribution < 1.29 is 14.8 Å². The number of rotatable bonds is 6. The van der Waals surface area contributed by atoms with Gasteiger partial charge in [0.2, 0.25) is 5.91 Å². The molecule has 0 radical (unpaired) electrons. The quantitative estimate of drug-likeness (QED) is 0.455. The van der Waals surface area contributed by atoms with E-state index in [-0.39, 0.29) is 24.1 Å². The summed E-state index contributed by atoms with van der Waals surface area (Å²) in [7, 11) is 0. The summed E-state index contributed by atoms with van der Waals surface area (Å²) >= 11 is 0. The van der Waals surface area contributed by atoms with Gasteiger partial charge in [-0.25, -0.2) is 4.98 Å². The lowest BCUT2D eigenvalue weighted by Crippen LogP contribution is -2.43. The third-order valence-corrected chi connectivity index (χ3v) is 3.69. The van der Waals surface area contributed by atoms with Gasteiger partial charge in [-0.2, -0.15) is 0 Å². The number of hydrogen-bond acceptors (Lipinski definition) is 6. The molecule has 1 aromatic rings. The van der Waals surface area contributed by atoms with Gasteiger partial charge in [0.05, 0.1) is 10.8 Å². The Hall–Kier alpha value is -2.22. The molecule has 2 heterocycles. The van der Waals surface area contributed by atoms with Crippen molar-refractivity contribution in [2.75, 3.05) is 31.1 Å². The van der Waals surface area contributed by atoms with Gasteiger partial charge in [0.1, 0.15) is 12.0 Å². The van der Waals surface area contributed by atoms with Crippen LogP contribution in [0.5, 0.6) is 0 Å². The van der Waals surface area contributed by atoms with E-state index < -0.39 is 4.92 Å². The van der Waals surface area contributed by atoms with Gasteiger partial charge in [-0.3, -0.25) is 14.9 Å². The summed E-state index contributed by atoms with van der Waals surface area (Å²) in [5, 5.41) is 22.2. The van der Waals surface area contributed by atoms with Gasteiger partial charge in [-0.05, 0) is 25.3 Å². The third kappa shape index (κ3) is 4.14. The van der Waals surface area contributed by atoms with Crippen LogP contribution in [0.25, 0.3) is 0 Å². The minimum atomic E-state index is -0.482. The molecule has 1 aliphatic heterocycles. The number of piperidine rings is 1. The minimum Gasteiger partial charge on any atom is -0.396 e. The van der Waals surface area contributed by atoms with E-state index in [4.69, 9.17) is 5.11 Å². The maximum absolute atomic E-state index is 12.1. The number of pyridine rings is 1. The number of nitrogens with zero attached hydrogens (tertiary/aromatic N) is 3. The van der Waals surface area contributed by atoms with Gasteiger partial charge in [0, 0.05) is 32.3 Å². The molecule has 0 bridgehead atoms. The lowest BCUT2D eigenvalue weighted by Gasteiger charge is -2.32. The average molecular weight is 308 g/mol. The highest BCUT2D eigenvalue weighted by Crippen LogP contribution is 2.23. The zero-order chi connectivity index (χ0) is 15.9. The van der Waals surface area contributed by atoms with Gasteiger partial charge in [0.25, 0.3) is 5.69 Å². The second-order valence-corrected chi connectivity index (χ2v) is 5.29. The van der Waals surface area contributed by atoms with Crippen LogP contribution in [0, 0.1) is 16.0 Å². The fraction of sp³-hybridized carbons (Fsp3) is 0.571. The first-order valence-corrected chi connectivity index (χ1v) is 7.36. The first-order chi connectivity index (χ1) is 10.6. The third-order valence-electron chi connectivity index (χ3n) is 3.69. The molecule has 1 saturated heterocycles. The molecule has 1 fully saturated rings. The second kappa shape index (κ2) is 7.69. The van der Waals surface area contributed by atoms with Crippen molar-refractivity contribution in [2.24, 2.45) is 5.92 Å². The Morgan fingerprint density at radius 3 is 3.00 bits per heavy atom. The Bertz CT molecular complexity index is 520. The predicted octanol–water partition coefficient (Wildman–Crippen LogP) is 0.705. The molecule has 0 aromatic carbocycles. The number of amides is 1. The molecule has 0 spiro atoms. The highest BCUT2D eigenvalue weighted by molar-refractivity contribution is 5.79. The van der Waals surface area contributed by atoms with Crippen molar-refractivity contribution >= 4 is 17.4 Å². The van der Waals surface area contributed by atoms with Crippen molar-refractivity contribution in [2.45, 2.75) is 19.3 Å². The molecule has 0 unspecified atom stereocenters. The molecule has 8 nitrogen and oxygen atoms in total. The van der Waals surface area contributed by atoms with Crippen LogP contribution >= 0.6 is 0 Å². The smallest absolute Gasteiger partial charge is 0.287 e. The number of carbonyl (C=O) groups is 1. The van der Waals surface area contributed by atoms with Gasteiger partial charge >= 0.3 is 0 Å². The van der Waals surface area contributed by atoms with Gasteiger partial charge in [-0.1, -0.05) is 0 Å². The van der Waals surface area contributed by atoms with E-state index in [1.807, 2.05) is 4.90 Å². The maximum atomic E-state index is 12.1. The summed E-state index contributed by atoms with van der Waals surface area (Å²) < 4.78 is 0. The van der Waals surface area contributed by atoms with E-state index in [0.717, 1.165) is 19.4 Å². The molecular weight excluding hydrogens is 288 g/mol. The highest BCUT2D eigenvalue weighted by atomic mass is 16.6. The van der Waals surface area contributed by atoms with Crippen molar-refractivity contribution in [3.8, 4) is 0 Å². The molecule has 1 amide bonds. The standard InChI is InChI=1S/C14H20N4O4/c19-8-2-6-15-14(20)11-3-1-7-17(10-11)13-5-4-12(9-16-13)18(21)22/h4-5,9,11,19H,1-3,6-8,10H2,(H,15,20)/t11-/m1/s1. The summed E-state index contributed by atoms with van der Waals surface area (Å²) in [6.07, 6.45) is 3.47. The van der Waals surface area contributed by atoms with E-state index in [0.29, 0.717) is 25.3 Å². The lowest BCUT2D eigenvalue weighted by atomic mass is 9.97. The molecular formula is C14H20N4O4. The summed E-state index contributed by atoms with van der Waals surface area (Å²) in [6.45, 7) is 1.87. The minimum absolute atomic E-state index is 0.0138. The van der Waals surface area contributed by atoms with Crippen molar-refractivity contribution in [1.29, 1.82) is 0 Å². The van der Waals surface area contributed by atoms with Crippen LogP contribution in [0.1, 0.15) is 19.3 Å². The molecule has 120 valence electrons. The van der Waals surface area contributed by atoms with Gasteiger partial charge in [0.15, 0.2) is 0 Å². The number of nitrogens with one attached hydrogen (secondary N) is 1. The fourth-order valence-electron chi connectivity index (χ4n) is 2.51. The van der Waals surface area contributed by atoms with Gasteiger partial charge < -0.3 is 15.3 Å². The number of nitro groups is 1. The second-order valence-electron chi connectivity index (χ2n) is 5.29. The van der Waals surface area contributed by atoms with E-state index in [1.165, 1.54) is 12.3 Å². The summed E-state index contributed by atoms with van der Waals surface area (Å²) in [5.74, 6) is 0.517. The van der Waals surface area contributed by atoms with E-state index in [2.05, 4.69) is 10.3 Å². The Balaban J connectivity index is 1.95. The van der Waals surface area contributed by atoms with Crippen LogP contribution in [-0.2, 0) is 4.79 Å². The lowest BCUT2D eigenvalue weighted by molar-refractivity contribution is -0.385. The summed E-state index contributed by atoms with van der Waals surface area (Å²) in [6, 6.07) is 3.04. The number of carbonyl (C=O) groups excluding carboxylic acids is 1. The largest absolute Gasteiger partial charge is 0.396 e. The molecule has 1 aromatic heterocycles. The molecule has 2 N–H and O–H groups in total. The van der Waals surface area contributed by atoms with E-state index in [1.54, 1.807) is 6.07 Å². The van der Waals surface area contributed by atoms with Crippen molar-refractivity contribution in [3.63, 3.8) is 0 Å². The average Bonchev–Trinajstić information content (AvgIpc) is 2.55. The fourth-order valence-corrected chi connectivity index (χ4v) is 2.51. The number of aromatic nitrogens is 1. The molecule has 0 saturated carbocycles. The summed E-state index contributed by atoms with van der Waals surface area (Å²) in [5.41, 5.74) is -0.0425. The predicted molar refractivity (Wildman–Crippen MR) is 80.5 cm³/mol. The SMILES string of the molecule is O=C(NCCCO)[C@@H]1CCCN(c2ccc([N+](=O)[O-])cn2)C1.